The zero-order valence-electron chi connectivity index (χ0n) is 10.5. The van der Waals surface area contributed by atoms with Gasteiger partial charge in [-0.1, -0.05) is 12.1 Å². The number of aryl methyl sites for hydroxylation is 3. The van der Waals surface area contributed by atoms with Gasteiger partial charge >= 0.3 is 0 Å². The summed E-state index contributed by atoms with van der Waals surface area (Å²) in [5, 5.41) is 0.0703. The van der Waals surface area contributed by atoms with Gasteiger partial charge < -0.3 is 4.98 Å². The molecule has 96 valence electrons. The molecule has 1 heterocycles. The van der Waals surface area contributed by atoms with Crippen molar-refractivity contribution >= 4 is 15.7 Å². The monoisotopic (exact) mass is 265 g/mol. The number of H-pyrrole nitrogens is 1. The van der Waals surface area contributed by atoms with E-state index in [0.29, 0.717) is 11.5 Å². The van der Waals surface area contributed by atoms with Crippen molar-refractivity contribution in [1.82, 2.24) is 9.97 Å². The van der Waals surface area contributed by atoms with Gasteiger partial charge in [0.15, 0.2) is 5.03 Å². The lowest BCUT2D eigenvalue weighted by atomic mass is 10.1. The average Bonchev–Trinajstić information content (AvgIpc) is 2.71. The predicted molar refractivity (Wildman–Crippen MR) is 70.0 cm³/mol. The number of hydrogen-bond acceptors (Lipinski definition) is 3. The lowest BCUT2D eigenvalue weighted by Gasteiger charge is -2.09. The maximum atomic E-state index is 12.1. The number of sulfonamides is 1. The number of rotatable bonds is 3. The van der Waals surface area contributed by atoms with E-state index in [1.165, 1.54) is 6.20 Å². The summed E-state index contributed by atoms with van der Waals surface area (Å²) in [7, 11) is -3.60. The Morgan fingerprint density at radius 2 is 1.94 bits per heavy atom. The molecule has 18 heavy (non-hydrogen) atoms. The van der Waals surface area contributed by atoms with E-state index in [1.54, 1.807) is 13.0 Å². The van der Waals surface area contributed by atoms with E-state index in [0.717, 1.165) is 11.1 Å². The minimum atomic E-state index is -3.60. The zero-order valence-corrected chi connectivity index (χ0v) is 11.3. The van der Waals surface area contributed by atoms with Gasteiger partial charge in [-0.05, 0) is 38.0 Å². The molecule has 0 spiro atoms. The summed E-state index contributed by atoms with van der Waals surface area (Å²) < 4.78 is 26.8. The first kappa shape index (κ1) is 12.6. The molecule has 5 nitrogen and oxygen atoms in total. The fourth-order valence-corrected chi connectivity index (χ4v) is 2.67. The Kier molecular flexibility index (Phi) is 3.13. The molecule has 6 heteroatoms. The maximum Gasteiger partial charge on any atom is 0.278 e. The van der Waals surface area contributed by atoms with Crippen LogP contribution in [0.15, 0.2) is 29.4 Å². The molecule has 0 saturated heterocycles. The summed E-state index contributed by atoms with van der Waals surface area (Å²) in [6.45, 7) is 5.48. The largest absolute Gasteiger partial charge is 0.332 e. The number of aromatic amines is 1. The van der Waals surface area contributed by atoms with Crippen LogP contribution < -0.4 is 4.72 Å². The van der Waals surface area contributed by atoms with Crippen molar-refractivity contribution in [2.24, 2.45) is 0 Å². The summed E-state index contributed by atoms with van der Waals surface area (Å²) in [4.78, 5) is 6.60. The third-order valence-corrected chi connectivity index (χ3v) is 3.88. The van der Waals surface area contributed by atoms with Crippen molar-refractivity contribution in [3.05, 3.63) is 41.3 Å². The quantitative estimate of drug-likeness (QED) is 0.892. The van der Waals surface area contributed by atoms with Crippen molar-refractivity contribution in [3.8, 4) is 0 Å². The second-order valence-electron chi connectivity index (χ2n) is 4.26. The average molecular weight is 265 g/mol. The van der Waals surface area contributed by atoms with Crippen molar-refractivity contribution in [2.75, 3.05) is 4.72 Å². The molecule has 1 aromatic carbocycles. The Morgan fingerprint density at radius 3 is 2.56 bits per heavy atom. The zero-order chi connectivity index (χ0) is 13.3. The fraction of sp³-hybridized carbons (Fsp3) is 0.250. The van der Waals surface area contributed by atoms with Gasteiger partial charge in [-0.3, -0.25) is 4.72 Å². The van der Waals surface area contributed by atoms with E-state index >= 15 is 0 Å². The topological polar surface area (TPSA) is 74.8 Å². The van der Waals surface area contributed by atoms with E-state index in [4.69, 9.17) is 0 Å². The van der Waals surface area contributed by atoms with E-state index in [9.17, 15) is 8.42 Å². The van der Waals surface area contributed by atoms with Crippen molar-refractivity contribution in [1.29, 1.82) is 0 Å². The van der Waals surface area contributed by atoms with Crippen LogP contribution in [0.5, 0.6) is 0 Å². The summed E-state index contributed by atoms with van der Waals surface area (Å²) >= 11 is 0. The number of hydrogen-bond donors (Lipinski definition) is 2. The first-order valence-corrected chi connectivity index (χ1v) is 6.98. The van der Waals surface area contributed by atoms with Crippen molar-refractivity contribution in [2.45, 2.75) is 25.8 Å². The van der Waals surface area contributed by atoms with Gasteiger partial charge in [0.1, 0.15) is 5.82 Å². The van der Waals surface area contributed by atoms with Gasteiger partial charge in [0.05, 0.1) is 11.9 Å². The molecule has 0 atom stereocenters. The first-order valence-electron chi connectivity index (χ1n) is 5.50. The fourth-order valence-electron chi connectivity index (χ4n) is 1.58. The lowest BCUT2D eigenvalue weighted by molar-refractivity contribution is 0.598. The van der Waals surface area contributed by atoms with Crippen LogP contribution in [0.25, 0.3) is 0 Å². The van der Waals surface area contributed by atoms with Crippen LogP contribution in [0, 0.1) is 20.8 Å². The van der Waals surface area contributed by atoms with E-state index in [2.05, 4.69) is 14.7 Å². The number of benzene rings is 1. The second-order valence-corrected chi connectivity index (χ2v) is 5.91. The smallest absolute Gasteiger partial charge is 0.278 e. The Balaban J connectivity index is 2.36. The third kappa shape index (κ3) is 2.53. The molecular formula is C12H15N3O2S. The van der Waals surface area contributed by atoms with Gasteiger partial charge in [-0.15, -0.1) is 0 Å². The first-order chi connectivity index (χ1) is 8.38. The van der Waals surface area contributed by atoms with Gasteiger partial charge in [0.2, 0.25) is 0 Å². The molecule has 0 fully saturated rings. The number of nitrogens with one attached hydrogen (secondary N) is 2. The molecule has 2 rings (SSSR count). The Labute approximate surface area is 106 Å². The molecule has 2 N–H and O–H groups in total. The molecule has 0 unspecified atom stereocenters. The van der Waals surface area contributed by atoms with Gasteiger partial charge in [0.25, 0.3) is 10.0 Å². The van der Waals surface area contributed by atoms with Gasteiger partial charge in [0, 0.05) is 0 Å². The van der Waals surface area contributed by atoms with Crippen LogP contribution in [-0.4, -0.2) is 18.4 Å². The molecule has 0 aliphatic rings. The number of imidazole rings is 1. The van der Waals surface area contributed by atoms with E-state index in [1.807, 2.05) is 26.0 Å². The summed E-state index contributed by atoms with van der Waals surface area (Å²) in [5.74, 6) is 0.566. The number of nitrogens with zero attached hydrogens (tertiary/aromatic N) is 1. The molecule has 1 aromatic heterocycles. The molecule has 0 amide bonds. The van der Waals surface area contributed by atoms with Crippen LogP contribution in [0.2, 0.25) is 0 Å². The third-order valence-electron chi connectivity index (χ3n) is 2.61. The Bertz CT molecular complexity index is 674. The van der Waals surface area contributed by atoms with Crippen LogP contribution in [-0.2, 0) is 10.0 Å². The minimum absolute atomic E-state index is 0.0703. The Morgan fingerprint density at radius 1 is 1.22 bits per heavy atom. The van der Waals surface area contributed by atoms with Crippen LogP contribution in [0.3, 0.4) is 0 Å². The molecule has 0 bridgehead atoms. The molecule has 0 aliphatic heterocycles. The summed E-state index contributed by atoms with van der Waals surface area (Å²) in [5.41, 5.74) is 2.46. The highest BCUT2D eigenvalue weighted by Crippen LogP contribution is 2.20. The molecule has 0 radical (unpaired) electrons. The molecule has 0 aliphatic carbocycles. The summed E-state index contributed by atoms with van der Waals surface area (Å²) in [6.07, 6.45) is 1.31. The molecular weight excluding hydrogens is 250 g/mol. The minimum Gasteiger partial charge on any atom is -0.332 e. The molecule has 2 aromatic rings. The highest BCUT2D eigenvalue weighted by atomic mass is 32.2. The normalized spacial score (nSPS) is 11.5. The maximum absolute atomic E-state index is 12.1. The highest BCUT2D eigenvalue weighted by Gasteiger charge is 2.17. The number of aromatic nitrogens is 2. The van der Waals surface area contributed by atoms with E-state index in [-0.39, 0.29) is 5.03 Å². The van der Waals surface area contributed by atoms with Crippen molar-refractivity contribution in [3.63, 3.8) is 0 Å². The van der Waals surface area contributed by atoms with Gasteiger partial charge in [-0.2, -0.15) is 8.42 Å². The van der Waals surface area contributed by atoms with Crippen LogP contribution >= 0.6 is 0 Å². The standard InChI is InChI=1S/C12H15N3O2S/c1-8-4-5-9(2)11(6-8)15-18(16,17)12-7-13-10(3)14-12/h4-7,15H,1-3H3,(H,13,14). The lowest BCUT2D eigenvalue weighted by Crippen LogP contribution is -2.14. The van der Waals surface area contributed by atoms with Crippen LogP contribution in [0.4, 0.5) is 5.69 Å². The van der Waals surface area contributed by atoms with E-state index < -0.39 is 10.0 Å². The van der Waals surface area contributed by atoms with Gasteiger partial charge in [-0.25, -0.2) is 4.98 Å². The summed E-state index contributed by atoms with van der Waals surface area (Å²) in [6, 6.07) is 5.62. The second kappa shape index (κ2) is 4.45. The number of anilines is 1. The Hall–Kier alpha value is -1.82. The molecule has 0 saturated carbocycles. The SMILES string of the molecule is Cc1ccc(C)c(NS(=O)(=O)c2cnc(C)[nH]2)c1. The highest BCUT2D eigenvalue weighted by molar-refractivity contribution is 7.92. The predicted octanol–water partition coefficient (Wildman–Crippen LogP) is 2.14. The van der Waals surface area contributed by atoms with Crippen LogP contribution in [0.1, 0.15) is 17.0 Å². The van der Waals surface area contributed by atoms with Crippen molar-refractivity contribution < 1.29 is 8.42 Å².